The first-order valence-electron chi connectivity index (χ1n) is 10.8. The molecule has 0 aliphatic carbocycles. The standard InChI is InChI=1S/C24H20As.2C2H6S2.O.Tc/c1-5-13-21(14-6-1)25(22-15-7-2-8-16-22,23-17-9-3-10-18-23)24-19-11-4-12-20-24;2*3-1-2-4;;/h1-20H;2*3-4H,1-2H2;;/q+1;;;;+3/p-4. The number of hydrogen-bond donors (Lipinski definition) is 0. The fraction of sp³-hybridized carbons (Fsp3) is 0.143. The van der Waals surface area contributed by atoms with Crippen LogP contribution in [0.4, 0.5) is 0 Å². The Kier molecular flexibility index (Phi) is 18.8. The second kappa shape index (κ2) is 20.4. The molecule has 0 unspecified atom stereocenters. The van der Waals surface area contributed by atoms with Crippen LogP contribution in [0.15, 0.2) is 121 Å². The van der Waals surface area contributed by atoms with Crippen LogP contribution in [0.3, 0.4) is 0 Å². The van der Waals surface area contributed by atoms with Gasteiger partial charge in [0, 0.05) is 0 Å². The van der Waals surface area contributed by atoms with Crippen molar-refractivity contribution in [3.05, 3.63) is 121 Å². The third-order valence-corrected chi connectivity index (χ3v) is 15.1. The van der Waals surface area contributed by atoms with E-state index in [1.165, 1.54) is 17.4 Å². The summed E-state index contributed by atoms with van der Waals surface area (Å²) in [6.45, 7) is 0. The Balaban J connectivity index is 0.000000529. The average Bonchev–Trinajstić information content (AvgIpc) is 2.97. The Morgan fingerprint density at radius 3 is 0.714 bits per heavy atom. The maximum atomic E-state index is 8.22. The topological polar surface area (TPSA) is 17.1 Å². The van der Waals surface area contributed by atoms with Crippen molar-refractivity contribution < 1.29 is 22.4 Å². The van der Waals surface area contributed by atoms with Gasteiger partial charge in [0.2, 0.25) is 0 Å². The van der Waals surface area contributed by atoms with Crippen molar-refractivity contribution in [2.75, 3.05) is 23.0 Å². The van der Waals surface area contributed by atoms with E-state index in [1.807, 2.05) is 0 Å². The van der Waals surface area contributed by atoms with E-state index in [1.54, 1.807) is 0 Å². The van der Waals surface area contributed by atoms with Crippen LogP contribution in [0, 0.1) is 0 Å². The second-order valence-electron chi connectivity index (χ2n) is 6.83. The summed E-state index contributed by atoms with van der Waals surface area (Å²) in [4.78, 5) is 0. The molecule has 0 bridgehead atoms. The van der Waals surface area contributed by atoms with Crippen molar-refractivity contribution in [1.82, 2.24) is 0 Å². The van der Waals surface area contributed by atoms with E-state index in [4.69, 9.17) is 3.50 Å². The zero-order valence-electron chi connectivity index (χ0n) is 19.2. The molecule has 0 saturated heterocycles. The van der Waals surface area contributed by atoms with Gasteiger partial charge in [-0.3, -0.25) is 0 Å². The monoisotopic (exact) mass is 680 g/mol. The molecule has 0 spiro atoms. The Morgan fingerprint density at radius 2 is 0.571 bits per heavy atom. The van der Waals surface area contributed by atoms with Crippen LogP contribution in [0.25, 0.3) is 0 Å². The van der Waals surface area contributed by atoms with Crippen molar-refractivity contribution in [2.24, 2.45) is 0 Å². The molecule has 7 heteroatoms. The summed E-state index contributed by atoms with van der Waals surface area (Å²) in [7, 11) is 0. The fourth-order valence-corrected chi connectivity index (χ4v) is 12.5. The van der Waals surface area contributed by atoms with Gasteiger partial charge >= 0.3 is 175 Å². The van der Waals surface area contributed by atoms with Crippen LogP contribution < -0.4 is 17.4 Å². The molecule has 0 amide bonds. The summed E-state index contributed by atoms with van der Waals surface area (Å²) >= 11 is 15.9. The molecule has 4 aromatic rings. The minimum atomic E-state index is -2.77. The second-order valence-corrected chi connectivity index (χ2v) is 15.6. The predicted octanol–water partition coefficient (Wildman–Crippen LogP) is 3.10. The Labute approximate surface area is 246 Å². The molecule has 182 valence electrons. The summed E-state index contributed by atoms with van der Waals surface area (Å²) in [6.07, 6.45) is 0. The van der Waals surface area contributed by atoms with Gasteiger partial charge in [0.25, 0.3) is 0 Å². The van der Waals surface area contributed by atoms with Gasteiger partial charge in [-0.2, -0.15) is 23.0 Å². The maximum absolute atomic E-state index is 8.22. The van der Waals surface area contributed by atoms with Gasteiger partial charge in [-0.25, -0.2) is 0 Å². The van der Waals surface area contributed by atoms with E-state index in [-0.39, 0.29) is 0 Å². The molecule has 0 aromatic heterocycles. The molecule has 0 aliphatic heterocycles. The van der Waals surface area contributed by atoms with Gasteiger partial charge in [-0.05, 0) is 0 Å². The molecule has 0 heterocycles. The summed E-state index contributed by atoms with van der Waals surface area (Å²) in [6, 6.07) is 44.2. The van der Waals surface area contributed by atoms with Gasteiger partial charge in [0.15, 0.2) is 0 Å². The molecule has 4 rings (SSSR count). The van der Waals surface area contributed by atoms with E-state index >= 15 is 0 Å². The van der Waals surface area contributed by atoms with Crippen LogP contribution in [0.5, 0.6) is 0 Å². The molecule has 0 fully saturated rings. The Bertz CT molecular complexity index is 854. The normalized spacial score (nSPS) is 9.80. The van der Waals surface area contributed by atoms with E-state index in [9.17, 15) is 0 Å². The summed E-state index contributed by atoms with van der Waals surface area (Å²) in [5, 5.41) is 0. The summed E-state index contributed by atoms with van der Waals surface area (Å²) in [5.41, 5.74) is 0. The number of rotatable bonds is 6. The van der Waals surface area contributed by atoms with Gasteiger partial charge in [0.1, 0.15) is 0 Å². The van der Waals surface area contributed by atoms with Gasteiger partial charge in [-0.15, -0.1) is 0 Å². The van der Waals surface area contributed by atoms with E-state index in [0.29, 0.717) is 0 Å². The van der Waals surface area contributed by atoms with Gasteiger partial charge in [-0.1, -0.05) is 0 Å². The molecule has 0 saturated carbocycles. The molecule has 0 N–H and O–H groups in total. The first-order valence-corrected chi connectivity index (χ1v) is 17.7. The molecule has 0 atom stereocenters. The number of hydrogen-bond acceptors (Lipinski definition) is 5. The molecule has 0 aliphatic rings. The van der Waals surface area contributed by atoms with E-state index in [0.717, 1.165) is 41.9 Å². The quantitative estimate of drug-likeness (QED) is 0.229. The molecule has 4 aromatic carbocycles. The molecular weight excluding hydrogens is 653 g/mol. The molecule has 1 nitrogen and oxygen atoms in total. The zero-order valence-corrected chi connectivity index (χ0v) is 26.2. The average molecular weight is 682 g/mol. The van der Waals surface area contributed by atoms with Crippen molar-refractivity contribution in [3.63, 3.8) is 0 Å². The van der Waals surface area contributed by atoms with Gasteiger partial charge < -0.3 is 50.5 Å². The Hall–Kier alpha value is -0.712. The molecular formula is C28H28AsOS4Tc. The predicted molar refractivity (Wildman–Crippen MR) is 160 cm³/mol. The Morgan fingerprint density at radius 1 is 0.400 bits per heavy atom. The van der Waals surface area contributed by atoms with Crippen LogP contribution in [-0.4, -0.2) is 36.6 Å². The van der Waals surface area contributed by atoms with Crippen LogP contribution >= 0.6 is 0 Å². The van der Waals surface area contributed by atoms with Crippen molar-refractivity contribution in [3.8, 4) is 0 Å². The molecule has 35 heavy (non-hydrogen) atoms. The fourth-order valence-electron chi connectivity index (χ4n) is 3.50. The van der Waals surface area contributed by atoms with Crippen molar-refractivity contribution in [1.29, 1.82) is 0 Å². The van der Waals surface area contributed by atoms with Crippen LogP contribution in [-0.2, 0) is 72.9 Å². The third-order valence-electron chi connectivity index (χ3n) is 4.74. The van der Waals surface area contributed by atoms with E-state index in [2.05, 4.69) is 172 Å². The van der Waals surface area contributed by atoms with Crippen LogP contribution in [0.2, 0.25) is 0 Å². The molecule has 0 radical (unpaired) electrons. The van der Waals surface area contributed by atoms with Gasteiger partial charge in [0.05, 0.1) is 0 Å². The SMILES string of the molecule is [O]=[Tc+3].[S-]CC[S-].[S-]CC[S-].c1ccc([As+](c2ccccc2)(c2ccccc2)c2ccccc2)cc1. The zero-order chi connectivity index (χ0) is 25.8. The first-order chi connectivity index (χ1) is 17.2. The van der Waals surface area contributed by atoms with Crippen molar-refractivity contribution >= 4 is 81.5 Å². The summed E-state index contributed by atoms with van der Waals surface area (Å²) < 4.78 is 14.0. The third kappa shape index (κ3) is 9.93. The minimum absolute atomic E-state index is 0.718. The van der Waals surface area contributed by atoms with E-state index < -0.39 is 13.6 Å². The summed E-state index contributed by atoms with van der Waals surface area (Å²) in [5.74, 6) is 2.87. The van der Waals surface area contributed by atoms with Crippen LogP contribution in [0.1, 0.15) is 0 Å². The van der Waals surface area contributed by atoms with Crippen molar-refractivity contribution in [2.45, 2.75) is 0 Å². The first kappa shape index (κ1) is 32.3. The number of benzene rings is 4.